The van der Waals surface area contributed by atoms with Crippen LogP contribution in [0.5, 0.6) is 0 Å². The van der Waals surface area contributed by atoms with Crippen LogP contribution in [0, 0.1) is 0 Å². The Morgan fingerprint density at radius 1 is 1.27 bits per heavy atom. The molecule has 0 aliphatic carbocycles. The maximum atomic E-state index is 12.5. The van der Waals surface area contributed by atoms with Gasteiger partial charge in [-0.1, -0.05) is 49.3 Å². The number of benzene rings is 1. The third-order valence-electron chi connectivity index (χ3n) is 5.66. The van der Waals surface area contributed by atoms with Crippen molar-refractivity contribution < 1.29 is 9.32 Å². The van der Waals surface area contributed by atoms with E-state index in [1.807, 2.05) is 32.0 Å². The van der Waals surface area contributed by atoms with E-state index in [-0.39, 0.29) is 23.3 Å². The minimum Gasteiger partial charge on any atom is -0.350 e. The zero-order valence-electron chi connectivity index (χ0n) is 15.4. The number of nitrogens with one attached hydrogen (secondary N) is 1. The van der Waals surface area contributed by atoms with Crippen LogP contribution in [0.25, 0.3) is 0 Å². The van der Waals surface area contributed by atoms with Crippen molar-refractivity contribution >= 4 is 5.91 Å². The van der Waals surface area contributed by atoms with Gasteiger partial charge in [0.15, 0.2) is 5.82 Å². The van der Waals surface area contributed by atoms with Crippen molar-refractivity contribution in [3.63, 3.8) is 0 Å². The molecule has 1 amide bonds. The third-order valence-corrected chi connectivity index (χ3v) is 5.66. The Hall–Kier alpha value is -2.21. The zero-order valence-corrected chi connectivity index (χ0v) is 15.4. The number of hydrogen-bond acceptors (Lipinski definition) is 5. The average Bonchev–Trinajstić information content (AvgIpc) is 3.23. The lowest BCUT2D eigenvalue weighted by molar-refractivity contribution is -0.121. The van der Waals surface area contributed by atoms with Crippen molar-refractivity contribution in [2.24, 2.45) is 0 Å². The van der Waals surface area contributed by atoms with Crippen LogP contribution in [-0.2, 0) is 11.3 Å². The Labute approximate surface area is 154 Å². The molecule has 0 radical (unpaired) electrons. The molecule has 1 aromatic carbocycles. The SMILES string of the molecule is CC(C)c1nc(CN2CCC3(CC2)C[C@H](c2ccccc2)C(=O)N3)no1. The normalized spacial score (nSPS) is 22.9. The van der Waals surface area contributed by atoms with Gasteiger partial charge in [0.2, 0.25) is 11.8 Å². The number of nitrogens with zero attached hydrogens (tertiary/aromatic N) is 3. The van der Waals surface area contributed by atoms with Crippen molar-refractivity contribution in [3.05, 3.63) is 47.6 Å². The number of rotatable bonds is 4. The van der Waals surface area contributed by atoms with Crippen LogP contribution in [-0.4, -0.2) is 39.6 Å². The summed E-state index contributed by atoms with van der Waals surface area (Å²) in [5, 5.41) is 7.39. The molecular formula is C20H26N4O2. The van der Waals surface area contributed by atoms with Crippen LogP contribution in [0.4, 0.5) is 0 Å². The summed E-state index contributed by atoms with van der Waals surface area (Å²) in [6, 6.07) is 10.1. The van der Waals surface area contributed by atoms with Gasteiger partial charge in [0.25, 0.3) is 0 Å². The number of aromatic nitrogens is 2. The number of piperidine rings is 1. The van der Waals surface area contributed by atoms with Crippen molar-refractivity contribution in [1.29, 1.82) is 0 Å². The van der Waals surface area contributed by atoms with E-state index in [2.05, 4.69) is 32.5 Å². The molecule has 3 heterocycles. The maximum absolute atomic E-state index is 12.5. The maximum Gasteiger partial charge on any atom is 0.229 e. The van der Waals surface area contributed by atoms with Gasteiger partial charge in [0, 0.05) is 24.5 Å². The van der Waals surface area contributed by atoms with E-state index in [0.717, 1.165) is 43.7 Å². The molecule has 6 heteroatoms. The first kappa shape index (κ1) is 17.2. The molecule has 0 bridgehead atoms. The summed E-state index contributed by atoms with van der Waals surface area (Å²) in [4.78, 5) is 19.3. The molecule has 0 unspecified atom stereocenters. The van der Waals surface area contributed by atoms with Gasteiger partial charge in [-0.05, 0) is 24.8 Å². The van der Waals surface area contributed by atoms with Gasteiger partial charge in [0.05, 0.1) is 12.5 Å². The molecule has 26 heavy (non-hydrogen) atoms. The second-order valence-electron chi connectivity index (χ2n) is 7.92. The van der Waals surface area contributed by atoms with Gasteiger partial charge < -0.3 is 9.84 Å². The van der Waals surface area contributed by atoms with Crippen LogP contribution in [0.2, 0.25) is 0 Å². The highest BCUT2D eigenvalue weighted by atomic mass is 16.5. The Balaban J connectivity index is 1.36. The summed E-state index contributed by atoms with van der Waals surface area (Å²) < 4.78 is 5.29. The molecule has 138 valence electrons. The Kier molecular flexibility index (Phi) is 4.53. The van der Waals surface area contributed by atoms with Gasteiger partial charge in [0.1, 0.15) is 0 Å². The summed E-state index contributed by atoms with van der Waals surface area (Å²) in [7, 11) is 0. The van der Waals surface area contributed by atoms with E-state index in [1.165, 1.54) is 0 Å². The molecule has 1 atom stereocenters. The third kappa shape index (κ3) is 3.38. The molecule has 2 aliphatic rings. The topological polar surface area (TPSA) is 71.3 Å². The van der Waals surface area contributed by atoms with Crippen LogP contribution in [0.15, 0.2) is 34.9 Å². The second-order valence-corrected chi connectivity index (χ2v) is 7.92. The van der Waals surface area contributed by atoms with Crippen molar-refractivity contribution in [2.45, 2.75) is 57.0 Å². The van der Waals surface area contributed by atoms with E-state index in [1.54, 1.807) is 0 Å². The smallest absolute Gasteiger partial charge is 0.229 e. The molecule has 1 aromatic heterocycles. The minimum absolute atomic E-state index is 0.0199. The Morgan fingerprint density at radius 2 is 2.00 bits per heavy atom. The number of amides is 1. The molecule has 2 saturated heterocycles. The van der Waals surface area contributed by atoms with Gasteiger partial charge >= 0.3 is 0 Å². The molecule has 1 N–H and O–H groups in total. The highest BCUT2D eigenvalue weighted by Crippen LogP contribution is 2.39. The fourth-order valence-corrected chi connectivity index (χ4v) is 4.07. The molecule has 1 spiro atoms. The highest BCUT2D eigenvalue weighted by molar-refractivity contribution is 5.87. The molecule has 0 saturated carbocycles. The summed E-state index contributed by atoms with van der Waals surface area (Å²) in [6.45, 7) is 6.69. The van der Waals surface area contributed by atoms with E-state index in [9.17, 15) is 4.79 Å². The first-order valence-corrected chi connectivity index (χ1v) is 9.46. The standard InChI is InChI=1S/C20H26N4O2/c1-14(2)19-21-17(23-26-19)13-24-10-8-20(9-11-24)12-16(18(25)22-20)15-6-4-3-5-7-15/h3-7,14,16H,8-13H2,1-2H3,(H,22,25)/t16-/m1/s1. The lowest BCUT2D eigenvalue weighted by atomic mass is 9.82. The first-order chi connectivity index (χ1) is 12.5. The van der Waals surface area contributed by atoms with Crippen molar-refractivity contribution in [2.75, 3.05) is 13.1 Å². The number of likely N-dealkylation sites (tertiary alicyclic amines) is 1. The number of carbonyl (C=O) groups is 1. The molecular weight excluding hydrogens is 328 g/mol. The largest absolute Gasteiger partial charge is 0.350 e. The van der Waals surface area contributed by atoms with E-state index < -0.39 is 0 Å². The second kappa shape index (κ2) is 6.83. The van der Waals surface area contributed by atoms with E-state index >= 15 is 0 Å². The van der Waals surface area contributed by atoms with Gasteiger partial charge in [-0.2, -0.15) is 4.98 Å². The molecule has 2 fully saturated rings. The van der Waals surface area contributed by atoms with Crippen LogP contribution in [0.3, 0.4) is 0 Å². The number of hydrogen-bond donors (Lipinski definition) is 1. The number of carbonyl (C=O) groups excluding carboxylic acids is 1. The fourth-order valence-electron chi connectivity index (χ4n) is 4.07. The van der Waals surface area contributed by atoms with Gasteiger partial charge in [-0.3, -0.25) is 9.69 Å². The summed E-state index contributed by atoms with van der Waals surface area (Å²) in [5.41, 5.74) is 1.06. The average molecular weight is 354 g/mol. The minimum atomic E-state index is -0.0611. The zero-order chi connectivity index (χ0) is 18.1. The predicted octanol–water partition coefficient (Wildman–Crippen LogP) is 2.83. The van der Waals surface area contributed by atoms with Crippen molar-refractivity contribution in [1.82, 2.24) is 20.4 Å². The monoisotopic (exact) mass is 354 g/mol. The lowest BCUT2D eigenvalue weighted by Crippen LogP contribution is -2.50. The van der Waals surface area contributed by atoms with E-state index in [4.69, 9.17) is 4.52 Å². The van der Waals surface area contributed by atoms with Crippen molar-refractivity contribution in [3.8, 4) is 0 Å². The van der Waals surface area contributed by atoms with Crippen LogP contribution >= 0.6 is 0 Å². The van der Waals surface area contributed by atoms with Gasteiger partial charge in [-0.15, -0.1) is 0 Å². The summed E-state index contributed by atoms with van der Waals surface area (Å²) in [6.07, 6.45) is 2.83. The van der Waals surface area contributed by atoms with E-state index in [0.29, 0.717) is 12.4 Å². The van der Waals surface area contributed by atoms with Gasteiger partial charge in [-0.25, -0.2) is 0 Å². The summed E-state index contributed by atoms with van der Waals surface area (Å²) >= 11 is 0. The quantitative estimate of drug-likeness (QED) is 0.914. The molecule has 2 aliphatic heterocycles. The lowest BCUT2D eigenvalue weighted by Gasteiger charge is -2.38. The van der Waals surface area contributed by atoms with Crippen LogP contribution < -0.4 is 5.32 Å². The first-order valence-electron chi connectivity index (χ1n) is 9.46. The Bertz CT molecular complexity index is 763. The fraction of sp³-hybridized carbons (Fsp3) is 0.550. The molecule has 4 rings (SSSR count). The summed E-state index contributed by atoms with van der Waals surface area (Å²) in [5.74, 6) is 1.85. The molecule has 6 nitrogen and oxygen atoms in total. The Morgan fingerprint density at radius 3 is 2.65 bits per heavy atom. The highest BCUT2D eigenvalue weighted by Gasteiger charge is 2.46. The van der Waals surface area contributed by atoms with Crippen LogP contribution in [0.1, 0.15) is 62.2 Å². The molecule has 2 aromatic rings. The predicted molar refractivity (Wildman–Crippen MR) is 97.6 cm³/mol.